The Kier molecular flexibility index (Phi) is 5.10. The van der Waals surface area contributed by atoms with Crippen LogP contribution in [0.25, 0.3) is 0 Å². The number of carbonyl (C=O) groups excluding carboxylic acids is 1. The number of likely N-dealkylation sites (tertiary alicyclic amines) is 1. The van der Waals surface area contributed by atoms with Gasteiger partial charge in [0.25, 0.3) is 10.0 Å². The van der Waals surface area contributed by atoms with E-state index in [1.165, 1.54) is 30.3 Å². The third kappa shape index (κ3) is 3.69. The van der Waals surface area contributed by atoms with Crippen molar-refractivity contribution < 1.29 is 17.9 Å². The zero-order chi connectivity index (χ0) is 22.6. The van der Waals surface area contributed by atoms with Crippen molar-refractivity contribution in [3.8, 4) is 5.88 Å². The number of nitrogens with one attached hydrogen (secondary N) is 2. The molecule has 2 amide bonds. The largest absolute Gasteiger partial charge is 0.475 e. The van der Waals surface area contributed by atoms with Gasteiger partial charge in [0.05, 0.1) is 12.4 Å². The molecule has 1 atom stereocenters. The molecular weight excluding hydrogens is 442 g/mol. The minimum atomic E-state index is -4.17. The number of ether oxygens (including phenoxy) is 1. The summed E-state index contributed by atoms with van der Waals surface area (Å²) < 4.78 is 35.8. The van der Waals surface area contributed by atoms with Gasteiger partial charge in [0, 0.05) is 12.2 Å². The number of aryl methyl sites for hydroxylation is 2. The number of nitrogens with zero attached hydrogens (tertiary/aromatic N) is 3. The highest BCUT2D eigenvalue weighted by Crippen LogP contribution is 2.38. The van der Waals surface area contributed by atoms with Crippen LogP contribution in [-0.2, 0) is 42.3 Å². The van der Waals surface area contributed by atoms with Gasteiger partial charge in [0.1, 0.15) is 6.61 Å². The third-order valence-corrected chi connectivity index (χ3v) is 8.67. The third-order valence-electron chi connectivity index (χ3n) is 7.43. The SMILES string of the molecule is O=C(Nc1c2c(cc3c1CCC3)CCC2)NS(=O)(=O)c1ncn2c1OCC(N1CCCC1)C2. The fourth-order valence-electron chi connectivity index (χ4n) is 5.87. The van der Waals surface area contributed by atoms with E-state index >= 15 is 0 Å². The first-order valence-corrected chi connectivity index (χ1v) is 13.4. The summed E-state index contributed by atoms with van der Waals surface area (Å²) in [7, 11) is -4.17. The van der Waals surface area contributed by atoms with Crippen molar-refractivity contribution >= 4 is 21.7 Å². The summed E-state index contributed by atoms with van der Waals surface area (Å²) >= 11 is 0. The van der Waals surface area contributed by atoms with E-state index in [4.69, 9.17) is 4.74 Å². The van der Waals surface area contributed by atoms with Gasteiger partial charge in [-0.1, -0.05) is 6.07 Å². The molecule has 1 fully saturated rings. The molecule has 9 nitrogen and oxygen atoms in total. The van der Waals surface area contributed by atoms with E-state index in [1.807, 2.05) is 0 Å². The number of amides is 2. The molecule has 3 heterocycles. The summed E-state index contributed by atoms with van der Waals surface area (Å²) in [5.74, 6) is 0.201. The first kappa shape index (κ1) is 21.0. The molecule has 1 saturated heterocycles. The highest BCUT2D eigenvalue weighted by Gasteiger charge is 2.34. The number of carbonyl (C=O) groups is 1. The number of sulfonamides is 1. The maximum Gasteiger partial charge on any atom is 0.333 e. The molecule has 1 unspecified atom stereocenters. The molecule has 4 aliphatic rings. The lowest BCUT2D eigenvalue weighted by atomic mass is 9.99. The van der Waals surface area contributed by atoms with Crippen LogP contribution in [0.4, 0.5) is 10.5 Å². The summed E-state index contributed by atoms with van der Waals surface area (Å²) in [5.41, 5.74) is 5.66. The van der Waals surface area contributed by atoms with E-state index in [1.54, 1.807) is 4.57 Å². The smallest absolute Gasteiger partial charge is 0.333 e. The Labute approximate surface area is 193 Å². The normalized spacial score (nSPS) is 21.9. The van der Waals surface area contributed by atoms with E-state index in [2.05, 4.69) is 26.0 Å². The predicted molar refractivity (Wildman–Crippen MR) is 122 cm³/mol. The topological polar surface area (TPSA) is 106 Å². The van der Waals surface area contributed by atoms with Crippen molar-refractivity contribution in [2.75, 3.05) is 25.0 Å². The molecule has 1 aromatic carbocycles. The first-order chi connectivity index (χ1) is 16.0. The Hall–Kier alpha value is -2.59. The van der Waals surface area contributed by atoms with Crippen LogP contribution in [0.15, 0.2) is 17.4 Å². The van der Waals surface area contributed by atoms with Gasteiger partial charge in [-0.25, -0.2) is 14.5 Å². The van der Waals surface area contributed by atoms with Crippen LogP contribution in [0, 0.1) is 0 Å². The van der Waals surface area contributed by atoms with Gasteiger partial charge in [0.15, 0.2) is 0 Å². The van der Waals surface area contributed by atoms with Crippen molar-refractivity contribution in [2.24, 2.45) is 0 Å². The van der Waals surface area contributed by atoms with Crippen LogP contribution in [-0.4, -0.2) is 54.6 Å². The number of fused-ring (bicyclic) bond motifs is 3. The Morgan fingerprint density at radius 3 is 2.42 bits per heavy atom. The second-order valence-electron chi connectivity index (χ2n) is 9.51. The van der Waals surface area contributed by atoms with Crippen LogP contribution in [0.1, 0.15) is 47.9 Å². The zero-order valence-electron chi connectivity index (χ0n) is 18.6. The fourth-order valence-corrected chi connectivity index (χ4v) is 6.85. The molecule has 33 heavy (non-hydrogen) atoms. The second-order valence-corrected chi connectivity index (χ2v) is 11.1. The fraction of sp³-hybridized carbons (Fsp3) is 0.565. The minimum absolute atomic E-state index is 0.201. The Balaban J connectivity index is 1.20. The number of rotatable bonds is 4. The summed E-state index contributed by atoms with van der Waals surface area (Å²) in [6, 6.07) is 1.73. The maximum atomic E-state index is 13.0. The number of hydrogen-bond donors (Lipinski definition) is 2. The van der Waals surface area contributed by atoms with Gasteiger partial charge >= 0.3 is 6.03 Å². The van der Waals surface area contributed by atoms with Crippen LogP contribution >= 0.6 is 0 Å². The van der Waals surface area contributed by atoms with Crippen LogP contribution in [0.2, 0.25) is 0 Å². The standard InChI is InChI=1S/C23H29N5O4S/c29-23(25-20-18-7-3-5-15(18)11-16-6-4-8-19(16)20)26-33(30,31)21-22-28(14-24-21)12-17(13-32-22)27-9-1-2-10-27/h11,14,17H,1-10,12-13H2,(H2,25,26,29). The van der Waals surface area contributed by atoms with Crippen molar-refractivity contribution in [3.63, 3.8) is 0 Å². The van der Waals surface area contributed by atoms with Crippen molar-refractivity contribution in [3.05, 3.63) is 34.6 Å². The maximum absolute atomic E-state index is 13.0. The predicted octanol–water partition coefficient (Wildman–Crippen LogP) is 2.23. The van der Waals surface area contributed by atoms with Crippen molar-refractivity contribution in [1.82, 2.24) is 19.2 Å². The van der Waals surface area contributed by atoms with E-state index in [0.29, 0.717) is 13.2 Å². The number of imidazole rings is 1. The van der Waals surface area contributed by atoms with Crippen LogP contribution in [0.5, 0.6) is 5.88 Å². The first-order valence-electron chi connectivity index (χ1n) is 11.9. The molecule has 2 N–H and O–H groups in total. The summed E-state index contributed by atoms with van der Waals surface area (Å²) in [6.07, 6.45) is 9.80. The summed E-state index contributed by atoms with van der Waals surface area (Å²) in [4.78, 5) is 19.3. The Bertz CT molecular complexity index is 1180. The van der Waals surface area contributed by atoms with Crippen molar-refractivity contribution in [2.45, 2.75) is 69.0 Å². The lowest BCUT2D eigenvalue weighted by molar-refractivity contribution is 0.106. The molecule has 0 spiro atoms. The highest BCUT2D eigenvalue weighted by molar-refractivity contribution is 7.90. The van der Waals surface area contributed by atoms with E-state index in [-0.39, 0.29) is 16.9 Å². The summed E-state index contributed by atoms with van der Waals surface area (Å²) in [6.45, 7) is 3.13. The minimum Gasteiger partial charge on any atom is -0.475 e. The number of hydrogen-bond acceptors (Lipinski definition) is 6. The molecule has 2 aliphatic carbocycles. The molecule has 0 bridgehead atoms. The average molecular weight is 472 g/mol. The van der Waals surface area contributed by atoms with Gasteiger partial charge in [-0.05, 0) is 86.7 Å². The summed E-state index contributed by atoms with van der Waals surface area (Å²) in [5, 5.41) is 2.64. The van der Waals surface area contributed by atoms with Gasteiger partial charge in [0.2, 0.25) is 10.9 Å². The van der Waals surface area contributed by atoms with E-state index in [9.17, 15) is 13.2 Å². The number of anilines is 1. The Morgan fingerprint density at radius 2 is 1.73 bits per heavy atom. The molecule has 10 heteroatoms. The second kappa shape index (κ2) is 8.02. The monoisotopic (exact) mass is 471 g/mol. The van der Waals surface area contributed by atoms with Gasteiger partial charge in [-0.2, -0.15) is 8.42 Å². The molecule has 2 aliphatic heterocycles. The van der Waals surface area contributed by atoms with Crippen molar-refractivity contribution in [1.29, 1.82) is 0 Å². The number of aromatic nitrogens is 2. The van der Waals surface area contributed by atoms with E-state index < -0.39 is 16.1 Å². The van der Waals surface area contributed by atoms with Crippen LogP contribution < -0.4 is 14.8 Å². The molecular formula is C23H29N5O4S. The molecule has 176 valence electrons. The lowest BCUT2D eigenvalue weighted by Crippen LogP contribution is -2.43. The van der Waals surface area contributed by atoms with Gasteiger partial charge in [-0.15, -0.1) is 0 Å². The molecule has 1 aromatic heterocycles. The van der Waals surface area contributed by atoms with Gasteiger partial charge in [-0.3, -0.25) is 9.47 Å². The Morgan fingerprint density at radius 1 is 1.03 bits per heavy atom. The zero-order valence-corrected chi connectivity index (χ0v) is 19.4. The quantitative estimate of drug-likeness (QED) is 0.709. The van der Waals surface area contributed by atoms with Gasteiger partial charge < -0.3 is 10.1 Å². The van der Waals surface area contributed by atoms with Crippen LogP contribution in [0.3, 0.4) is 0 Å². The number of urea groups is 1. The number of benzene rings is 1. The van der Waals surface area contributed by atoms with E-state index in [0.717, 1.165) is 68.4 Å². The highest BCUT2D eigenvalue weighted by atomic mass is 32.2. The molecule has 2 aromatic rings. The molecule has 0 radical (unpaired) electrons. The molecule has 0 saturated carbocycles. The molecule has 6 rings (SSSR count). The average Bonchev–Trinajstić information content (AvgIpc) is 3.59. The lowest BCUT2D eigenvalue weighted by Gasteiger charge is -2.31.